The molecule has 12 heteroatoms. The van der Waals surface area contributed by atoms with E-state index in [0.717, 1.165) is 0 Å². The zero-order valence-electron chi connectivity index (χ0n) is 21.8. The van der Waals surface area contributed by atoms with Crippen molar-refractivity contribution in [3.63, 3.8) is 0 Å². The molecule has 6 atom stereocenters. The number of halogens is 1. The molecule has 0 bridgehead atoms. The Bertz CT molecular complexity index is 1050. The highest BCUT2D eigenvalue weighted by Gasteiger charge is 2.52. The first-order valence-electron chi connectivity index (χ1n) is 12.9. The number of nitrogens with one attached hydrogen (secondary N) is 1. The lowest BCUT2D eigenvalue weighted by Gasteiger charge is -2.40. The van der Waals surface area contributed by atoms with E-state index >= 15 is 0 Å². The van der Waals surface area contributed by atoms with Crippen LogP contribution in [-0.2, 0) is 25.6 Å². The summed E-state index contributed by atoms with van der Waals surface area (Å²) in [5.74, 6) is -2.86. The van der Waals surface area contributed by atoms with Crippen LogP contribution in [0.15, 0.2) is 24.3 Å². The number of aliphatic hydroxyl groups excluding tert-OH is 2. The molecule has 38 heavy (non-hydrogen) atoms. The van der Waals surface area contributed by atoms with Crippen LogP contribution in [0.4, 0.5) is 4.39 Å². The van der Waals surface area contributed by atoms with Crippen molar-refractivity contribution in [1.82, 2.24) is 15.1 Å². The number of ketones is 1. The van der Waals surface area contributed by atoms with Gasteiger partial charge in [-0.1, -0.05) is 12.1 Å². The highest BCUT2D eigenvalue weighted by Crippen LogP contribution is 2.36. The van der Waals surface area contributed by atoms with Gasteiger partial charge in [0.15, 0.2) is 5.78 Å². The van der Waals surface area contributed by atoms with Crippen LogP contribution in [0.2, 0.25) is 0 Å². The fraction of sp³-hybridized carbons (Fsp3) is 0.615. The number of amides is 3. The molecular weight excluding hydrogens is 497 g/mol. The third-order valence-electron chi connectivity index (χ3n) is 7.54. The smallest absolute Gasteiger partial charge is 0.247 e. The van der Waals surface area contributed by atoms with E-state index in [1.807, 2.05) is 0 Å². The van der Waals surface area contributed by atoms with Crippen molar-refractivity contribution in [1.29, 1.82) is 0 Å². The van der Waals surface area contributed by atoms with Gasteiger partial charge in [-0.3, -0.25) is 24.1 Å². The Labute approximate surface area is 221 Å². The van der Waals surface area contributed by atoms with Crippen LogP contribution in [0, 0.1) is 5.82 Å². The highest BCUT2D eigenvalue weighted by molar-refractivity contribution is 5.97. The summed E-state index contributed by atoms with van der Waals surface area (Å²) in [5, 5.41) is 22.2. The second-order valence-corrected chi connectivity index (χ2v) is 10.4. The monoisotopic (exact) mass is 535 g/mol. The fourth-order valence-corrected chi connectivity index (χ4v) is 5.44. The minimum absolute atomic E-state index is 0.0217. The number of hydrogen-bond donors (Lipinski definition) is 5. The predicted octanol–water partition coefficient (Wildman–Crippen LogP) is -1.18. The number of hydrogen-bond acceptors (Lipinski definition) is 8. The van der Waals surface area contributed by atoms with E-state index in [1.54, 1.807) is 11.0 Å². The molecule has 2 heterocycles. The topological polar surface area (TPSA) is 179 Å². The first-order chi connectivity index (χ1) is 17.9. The van der Waals surface area contributed by atoms with Gasteiger partial charge in [0.1, 0.15) is 17.4 Å². The Kier molecular flexibility index (Phi) is 9.58. The van der Waals surface area contributed by atoms with E-state index in [9.17, 15) is 33.8 Å². The van der Waals surface area contributed by atoms with Gasteiger partial charge in [-0.15, -0.1) is 0 Å². The van der Waals surface area contributed by atoms with Gasteiger partial charge in [0, 0.05) is 13.0 Å². The molecular formula is C26H38FN5O6. The second-order valence-electron chi connectivity index (χ2n) is 10.4. The zero-order chi connectivity index (χ0) is 28.2. The summed E-state index contributed by atoms with van der Waals surface area (Å²) in [4.78, 5) is 55.4. The molecule has 0 spiro atoms. The van der Waals surface area contributed by atoms with Crippen LogP contribution in [0.5, 0.6) is 0 Å². The Morgan fingerprint density at radius 1 is 1.16 bits per heavy atom. The van der Waals surface area contributed by atoms with Crippen molar-refractivity contribution in [2.45, 2.75) is 81.8 Å². The van der Waals surface area contributed by atoms with Gasteiger partial charge in [0.2, 0.25) is 17.7 Å². The SMILES string of the molecule is CC(O)C(N)C(=O)CN1CCCC1C(=O)N1CCCC1(Cc1cccc(F)c1)C(=O)NC(C(N)=O)C(C)O. The number of carbonyl (C=O) groups is 4. The van der Waals surface area contributed by atoms with E-state index in [4.69, 9.17) is 11.5 Å². The van der Waals surface area contributed by atoms with Gasteiger partial charge in [-0.25, -0.2) is 4.39 Å². The molecule has 210 valence electrons. The average Bonchev–Trinajstić information content (AvgIpc) is 3.48. The molecule has 2 aliphatic rings. The maximum Gasteiger partial charge on any atom is 0.247 e. The van der Waals surface area contributed by atoms with E-state index in [1.165, 1.54) is 36.9 Å². The third kappa shape index (κ3) is 6.37. The molecule has 0 saturated carbocycles. The van der Waals surface area contributed by atoms with Crippen LogP contribution in [0.25, 0.3) is 0 Å². The van der Waals surface area contributed by atoms with E-state index < -0.39 is 59.3 Å². The number of Topliss-reactive ketones (excluding diaryl/α,β-unsaturated/α-hetero) is 1. The van der Waals surface area contributed by atoms with Crippen molar-refractivity contribution in [3.05, 3.63) is 35.6 Å². The summed E-state index contributed by atoms with van der Waals surface area (Å²) in [6.07, 6.45) is -0.506. The largest absolute Gasteiger partial charge is 0.391 e. The van der Waals surface area contributed by atoms with Gasteiger partial charge in [-0.05, 0) is 63.8 Å². The quantitative estimate of drug-likeness (QED) is 0.235. The number of aliphatic hydroxyl groups is 2. The zero-order valence-corrected chi connectivity index (χ0v) is 21.8. The summed E-state index contributed by atoms with van der Waals surface area (Å²) in [6, 6.07) is 2.56. The number of benzene rings is 1. The summed E-state index contributed by atoms with van der Waals surface area (Å²) < 4.78 is 14.0. The van der Waals surface area contributed by atoms with Gasteiger partial charge in [0.05, 0.1) is 30.8 Å². The fourth-order valence-electron chi connectivity index (χ4n) is 5.44. The molecule has 2 saturated heterocycles. The van der Waals surface area contributed by atoms with Gasteiger partial charge in [0.25, 0.3) is 0 Å². The summed E-state index contributed by atoms with van der Waals surface area (Å²) in [7, 11) is 0. The maximum absolute atomic E-state index is 14.0. The molecule has 0 radical (unpaired) electrons. The standard InChI is InChI=1S/C26H38FN5O6/c1-15(33)21(28)20(35)14-31-10-4-8-19(31)24(37)32-11-5-9-26(32,13-17-6-3-7-18(27)12-17)25(38)30-22(16(2)34)23(29)36/h3,6-7,12,15-16,19,21-22,33-34H,4-5,8-11,13-14,28H2,1-2H3,(H2,29,36)(H,30,38). The molecule has 3 amide bonds. The molecule has 2 aliphatic heterocycles. The first-order valence-corrected chi connectivity index (χ1v) is 12.9. The first kappa shape index (κ1) is 29.6. The molecule has 1 aromatic carbocycles. The number of likely N-dealkylation sites (tertiary alicyclic amines) is 2. The molecule has 1 aromatic rings. The summed E-state index contributed by atoms with van der Waals surface area (Å²) in [5.41, 5.74) is 10.2. The number of nitrogens with two attached hydrogens (primary N) is 2. The van der Waals surface area contributed by atoms with Gasteiger partial charge in [-0.2, -0.15) is 0 Å². The Hall–Kier alpha value is -2.93. The van der Waals surface area contributed by atoms with E-state index in [-0.39, 0.29) is 31.8 Å². The molecule has 2 fully saturated rings. The Morgan fingerprint density at radius 3 is 2.47 bits per heavy atom. The second kappa shape index (κ2) is 12.3. The third-order valence-corrected chi connectivity index (χ3v) is 7.54. The van der Waals surface area contributed by atoms with Gasteiger partial charge >= 0.3 is 0 Å². The summed E-state index contributed by atoms with van der Waals surface area (Å²) in [6.45, 7) is 3.33. The van der Waals surface area contributed by atoms with Crippen LogP contribution in [0.3, 0.4) is 0 Å². The normalized spacial score (nSPS) is 25.0. The molecule has 0 aromatic heterocycles. The van der Waals surface area contributed by atoms with Gasteiger partial charge < -0.3 is 31.9 Å². The van der Waals surface area contributed by atoms with Crippen LogP contribution < -0.4 is 16.8 Å². The lowest BCUT2D eigenvalue weighted by atomic mass is 9.86. The Balaban J connectivity index is 1.93. The van der Waals surface area contributed by atoms with Crippen LogP contribution >= 0.6 is 0 Å². The molecule has 11 nitrogen and oxygen atoms in total. The van der Waals surface area contributed by atoms with E-state index in [0.29, 0.717) is 31.4 Å². The van der Waals surface area contributed by atoms with Crippen molar-refractivity contribution in [2.75, 3.05) is 19.6 Å². The van der Waals surface area contributed by atoms with E-state index in [2.05, 4.69) is 5.32 Å². The number of rotatable bonds is 11. The lowest BCUT2D eigenvalue weighted by molar-refractivity contribution is -0.149. The minimum atomic E-state index is -1.47. The molecule has 7 N–H and O–H groups in total. The number of carbonyl (C=O) groups excluding carboxylic acids is 4. The van der Waals surface area contributed by atoms with Crippen molar-refractivity contribution in [2.24, 2.45) is 11.5 Å². The van der Waals surface area contributed by atoms with Crippen molar-refractivity contribution < 1.29 is 33.8 Å². The molecule has 6 unspecified atom stereocenters. The number of primary amides is 1. The minimum Gasteiger partial charge on any atom is -0.391 e. The lowest BCUT2D eigenvalue weighted by Crippen LogP contribution is -2.65. The Morgan fingerprint density at radius 2 is 1.87 bits per heavy atom. The maximum atomic E-state index is 14.0. The van der Waals surface area contributed by atoms with Crippen LogP contribution in [0.1, 0.15) is 45.1 Å². The van der Waals surface area contributed by atoms with Crippen molar-refractivity contribution in [3.8, 4) is 0 Å². The van der Waals surface area contributed by atoms with Crippen LogP contribution in [-0.4, -0.2) is 99.0 Å². The predicted molar refractivity (Wildman–Crippen MR) is 136 cm³/mol. The average molecular weight is 536 g/mol. The molecule has 3 rings (SSSR count). The summed E-state index contributed by atoms with van der Waals surface area (Å²) >= 11 is 0. The highest BCUT2D eigenvalue weighted by atomic mass is 19.1. The van der Waals surface area contributed by atoms with Crippen molar-refractivity contribution >= 4 is 23.5 Å². The molecule has 0 aliphatic carbocycles. The number of nitrogens with zero attached hydrogens (tertiary/aromatic N) is 2.